The molecule has 1 amide bonds. The molecule has 9 nitrogen and oxygen atoms in total. The van der Waals surface area contributed by atoms with Gasteiger partial charge in [0.25, 0.3) is 0 Å². The van der Waals surface area contributed by atoms with Crippen molar-refractivity contribution in [3.05, 3.63) is 0 Å². The zero-order valence-electron chi connectivity index (χ0n) is 24.9. The highest BCUT2D eigenvalue weighted by Crippen LogP contribution is 2.34. The number of amides is 1. The minimum Gasteiger partial charge on any atom is -0.381 e. The normalized spacial score (nSPS) is 38.3. The van der Waals surface area contributed by atoms with Crippen molar-refractivity contribution in [2.24, 2.45) is 17.8 Å². The predicted octanol–water partition coefficient (Wildman–Crippen LogP) is 1.68. The number of hydrogen-bond donors (Lipinski definition) is 4. The highest BCUT2D eigenvalue weighted by Gasteiger charge is 2.45. The van der Waals surface area contributed by atoms with Gasteiger partial charge in [-0.05, 0) is 69.6 Å². The van der Waals surface area contributed by atoms with Crippen molar-refractivity contribution in [3.8, 4) is 0 Å². The number of piperidine rings is 1. The summed E-state index contributed by atoms with van der Waals surface area (Å²) >= 11 is 0. The molecule has 0 spiro atoms. The first kappa shape index (κ1) is 30.6. The molecule has 5 fully saturated rings. The fourth-order valence-corrected chi connectivity index (χ4v) is 8.04. The molecule has 0 aromatic rings. The molecule has 0 bridgehead atoms. The van der Waals surface area contributed by atoms with E-state index in [4.69, 9.17) is 9.47 Å². The van der Waals surface area contributed by atoms with Gasteiger partial charge in [0.2, 0.25) is 5.91 Å². The summed E-state index contributed by atoms with van der Waals surface area (Å²) in [4.78, 5) is 17.9. The lowest BCUT2D eigenvalue weighted by atomic mass is 9.77. The van der Waals surface area contributed by atoms with E-state index in [2.05, 4.69) is 38.0 Å². The number of nitrogens with one attached hydrogen (secondary N) is 4. The average Bonchev–Trinajstić information content (AvgIpc) is 3.41. The summed E-state index contributed by atoms with van der Waals surface area (Å²) < 4.78 is 24.6. The van der Waals surface area contributed by atoms with E-state index in [9.17, 15) is 9.18 Å². The van der Waals surface area contributed by atoms with E-state index in [-0.39, 0.29) is 18.0 Å². The van der Waals surface area contributed by atoms with E-state index in [0.29, 0.717) is 62.9 Å². The van der Waals surface area contributed by atoms with Crippen LogP contribution in [0.1, 0.15) is 64.7 Å². The van der Waals surface area contributed by atoms with Gasteiger partial charge in [-0.15, -0.1) is 0 Å². The molecule has 40 heavy (non-hydrogen) atoms. The summed E-state index contributed by atoms with van der Waals surface area (Å²) in [5.74, 6) is 1.37. The Labute approximate surface area is 241 Å². The van der Waals surface area contributed by atoms with Crippen molar-refractivity contribution in [1.82, 2.24) is 31.1 Å². The third kappa shape index (κ3) is 7.94. The number of methoxy groups -OCH3 is 1. The second-order valence-corrected chi connectivity index (χ2v) is 13.0. The van der Waals surface area contributed by atoms with Gasteiger partial charge in [-0.3, -0.25) is 25.6 Å². The van der Waals surface area contributed by atoms with Crippen LogP contribution in [-0.2, 0) is 14.3 Å². The number of rotatable bonds is 11. The van der Waals surface area contributed by atoms with Crippen molar-refractivity contribution in [2.75, 3.05) is 66.1 Å². The standard InChI is InChI=1S/C30H55FN6O3/c1-21-19-24(5-8-26(21)30(38)33-12-17-40-18-16-36-13-9-23(31)10-14-36)35-28-29-34-20-27(37(29)15-11-32-28)22-3-6-25(39-2)7-4-22/h21-29,32,34-35H,3-20H2,1-2H3,(H,33,38). The Balaban J connectivity index is 0.980. The molecule has 3 heterocycles. The minimum atomic E-state index is -0.636. The SMILES string of the molecule is COC1CCC(C2CNC3C(NC4CCC(C(=O)NCCOCCN5CCC(F)CC5)C(C)C4)NCCN23)CC1. The highest BCUT2D eigenvalue weighted by molar-refractivity contribution is 5.79. The summed E-state index contributed by atoms with van der Waals surface area (Å²) in [6.45, 7) is 9.64. The fraction of sp³-hybridized carbons (Fsp3) is 0.967. The molecule has 230 valence electrons. The number of hydrogen-bond acceptors (Lipinski definition) is 8. The smallest absolute Gasteiger partial charge is 0.223 e. The molecule has 0 radical (unpaired) electrons. The van der Waals surface area contributed by atoms with Crippen molar-refractivity contribution < 1.29 is 18.7 Å². The number of piperazine rings is 1. The topological polar surface area (TPSA) is 90.1 Å². The van der Waals surface area contributed by atoms with Crippen LogP contribution in [0.15, 0.2) is 0 Å². The average molecular weight is 567 g/mol. The predicted molar refractivity (Wildman–Crippen MR) is 155 cm³/mol. The third-order valence-electron chi connectivity index (χ3n) is 10.5. The highest BCUT2D eigenvalue weighted by atomic mass is 19.1. The maximum atomic E-state index is 13.3. The molecule has 2 saturated carbocycles. The number of nitrogens with zero attached hydrogens (tertiary/aromatic N) is 2. The molecule has 4 N–H and O–H groups in total. The quantitative estimate of drug-likeness (QED) is 0.281. The molecule has 0 aromatic heterocycles. The Morgan fingerprint density at radius 1 is 1.00 bits per heavy atom. The van der Waals surface area contributed by atoms with Crippen molar-refractivity contribution in [1.29, 1.82) is 0 Å². The van der Waals surface area contributed by atoms with Crippen molar-refractivity contribution in [3.63, 3.8) is 0 Å². The summed E-state index contributed by atoms with van der Waals surface area (Å²) in [5.41, 5.74) is 0. The Bertz CT molecular complexity index is 779. The van der Waals surface area contributed by atoms with Gasteiger partial charge >= 0.3 is 0 Å². The van der Waals surface area contributed by atoms with Crippen LogP contribution >= 0.6 is 0 Å². The molecule has 6 unspecified atom stereocenters. The number of carbonyl (C=O) groups is 1. The second kappa shape index (κ2) is 15.0. The fourth-order valence-electron chi connectivity index (χ4n) is 8.04. The number of carbonyl (C=O) groups excluding carboxylic acids is 1. The number of halogens is 1. The molecule has 0 aromatic carbocycles. The van der Waals surface area contributed by atoms with E-state index < -0.39 is 6.17 Å². The van der Waals surface area contributed by atoms with Gasteiger partial charge in [-0.1, -0.05) is 6.92 Å². The summed E-state index contributed by atoms with van der Waals surface area (Å²) in [5, 5.41) is 14.6. The molecule has 2 aliphatic carbocycles. The van der Waals surface area contributed by atoms with E-state index in [0.717, 1.165) is 64.4 Å². The molecular weight excluding hydrogens is 511 g/mol. The van der Waals surface area contributed by atoms with Crippen molar-refractivity contribution >= 4 is 5.91 Å². The van der Waals surface area contributed by atoms with Gasteiger partial charge in [0, 0.05) is 70.9 Å². The molecule has 10 heteroatoms. The van der Waals surface area contributed by atoms with E-state index >= 15 is 0 Å². The number of alkyl halides is 1. The van der Waals surface area contributed by atoms with Crippen LogP contribution in [0.5, 0.6) is 0 Å². The largest absolute Gasteiger partial charge is 0.381 e. The molecular formula is C30H55FN6O3. The van der Waals surface area contributed by atoms with Crippen LogP contribution < -0.4 is 21.3 Å². The Morgan fingerprint density at radius 3 is 2.55 bits per heavy atom. The maximum absolute atomic E-state index is 13.3. The minimum absolute atomic E-state index is 0.0760. The third-order valence-corrected chi connectivity index (χ3v) is 10.5. The first-order valence-electron chi connectivity index (χ1n) is 16.2. The van der Waals surface area contributed by atoms with Crippen LogP contribution in [0.3, 0.4) is 0 Å². The van der Waals surface area contributed by atoms with Crippen LogP contribution in [-0.4, -0.2) is 119 Å². The summed E-state index contributed by atoms with van der Waals surface area (Å²) in [7, 11) is 1.85. The maximum Gasteiger partial charge on any atom is 0.223 e. The lowest BCUT2D eigenvalue weighted by Crippen LogP contribution is -2.67. The van der Waals surface area contributed by atoms with E-state index in [1.165, 1.54) is 25.7 Å². The Kier molecular flexibility index (Phi) is 11.5. The van der Waals surface area contributed by atoms with Gasteiger partial charge in [0.05, 0.1) is 31.6 Å². The Hall–Kier alpha value is -0.880. The zero-order valence-corrected chi connectivity index (χ0v) is 24.9. The molecule has 5 aliphatic rings. The first-order chi connectivity index (χ1) is 19.5. The van der Waals surface area contributed by atoms with Gasteiger partial charge < -0.3 is 19.7 Å². The second-order valence-electron chi connectivity index (χ2n) is 13.0. The van der Waals surface area contributed by atoms with E-state index in [1.54, 1.807) is 0 Å². The van der Waals surface area contributed by atoms with Crippen LogP contribution in [0.25, 0.3) is 0 Å². The molecule has 6 atom stereocenters. The van der Waals surface area contributed by atoms with Crippen molar-refractivity contribution in [2.45, 2.75) is 101 Å². The summed E-state index contributed by atoms with van der Waals surface area (Å²) in [6.07, 6.45) is 9.59. The molecule has 3 saturated heterocycles. The molecule has 5 rings (SSSR count). The van der Waals surface area contributed by atoms with Crippen LogP contribution in [0.2, 0.25) is 0 Å². The number of ether oxygens (including phenoxy) is 2. The van der Waals surface area contributed by atoms with Crippen LogP contribution in [0.4, 0.5) is 4.39 Å². The lowest BCUT2D eigenvalue weighted by Gasteiger charge is -2.45. The van der Waals surface area contributed by atoms with Gasteiger partial charge in [0.15, 0.2) is 0 Å². The first-order valence-corrected chi connectivity index (χ1v) is 16.2. The zero-order chi connectivity index (χ0) is 27.9. The monoisotopic (exact) mass is 566 g/mol. The van der Waals surface area contributed by atoms with Crippen LogP contribution in [0, 0.1) is 17.8 Å². The van der Waals surface area contributed by atoms with Gasteiger partial charge in [0.1, 0.15) is 6.17 Å². The van der Waals surface area contributed by atoms with E-state index in [1.807, 2.05) is 7.11 Å². The van der Waals surface area contributed by atoms with Gasteiger partial charge in [-0.2, -0.15) is 0 Å². The molecule has 3 aliphatic heterocycles. The Morgan fingerprint density at radius 2 is 1.80 bits per heavy atom. The lowest BCUT2D eigenvalue weighted by molar-refractivity contribution is -0.128. The number of likely N-dealkylation sites (tertiary alicyclic amines) is 1. The number of fused-ring (bicyclic) bond motifs is 1. The van der Waals surface area contributed by atoms with Gasteiger partial charge in [-0.25, -0.2) is 4.39 Å². The summed E-state index contributed by atoms with van der Waals surface area (Å²) in [6, 6.07) is 1.06.